The van der Waals surface area contributed by atoms with Crippen molar-refractivity contribution in [2.24, 2.45) is 17.2 Å². The summed E-state index contributed by atoms with van der Waals surface area (Å²) in [4.78, 5) is 46.9. The Bertz CT molecular complexity index is 834. The molecule has 0 aliphatic carbocycles. The zero-order valence-electron chi connectivity index (χ0n) is 18.0. The van der Waals surface area contributed by atoms with Gasteiger partial charge in [0.25, 0.3) is 0 Å². The molecule has 0 fully saturated rings. The maximum absolute atomic E-state index is 10.5. The van der Waals surface area contributed by atoms with Crippen LogP contribution in [0, 0.1) is 0 Å². The summed E-state index contributed by atoms with van der Waals surface area (Å²) in [6.45, 7) is 0. The van der Waals surface area contributed by atoms with E-state index < -0.39 is 69.5 Å². The van der Waals surface area contributed by atoms with Crippen LogP contribution in [0.4, 0.5) is 0 Å². The predicted molar refractivity (Wildman–Crippen MR) is 117 cm³/mol. The van der Waals surface area contributed by atoms with Crippen molar-refractivity contribution in [2.45, 2.75) is 37.4 Å². The molecule has 0 aromatic heterocycles. The number of sulfone groups is 2. The first kappa shape index (κ1) is 35.9. The van der Waals surface area contributed by atoms with Crippen LogP contribution in [0.25, 0.3) is 0 Å². The number of aliphatic carboxylic acids is 3. The van der Waals surface area contributed by atoms with E-state index in [1.807, 2.05) is 0 Å². The van der Waals surface area contributed by atoms with Crippen LogP contribution in [0.3, 0.4) is 0 Å². The summed E-state index contributed by atoms with van der Waals surface area (Å²) in [7, 11) is -10.3. The molecule has 16 nitrogen and oxygen atoms in total. The Morgan fingerprint density at radius 2 is 0.939 bits per heavy atom. The SMILES string of the molecule is CS(=O)(=O)CCC(N)C(=O)O.CS(=O)(=O)CCC(N)C(=O)O.NC(CCP(=O)(O)O)C(=O)O. The van der Waals surface area contributed by atoms with Gasteiger partial charge in [-0.1, -0.05) is 0 Å². The molecule has 0 amide bonds. The van der Waals surface area contributed by atoms with Crippen molar-refractivity contribution in [3.05, 3.63) is 0 Å². The van der Waals surface area contributed by atoms with Crippen LogP contribution < -0.4 is 17.2 Å². The number of hydrogen-bond acceptors (Lipinski definition) is 11. The molecule has 0 aliphatic heterocycles. The van der Waals surface area contributed by atoms with E-state index in [0.29, 0.717) is 0 Å². The van der Waals surface area contributed by atoms with Gasteiger partial charge in [0.1, 0.15) is 37.8 Å². The first-order chi connectivity index (χ1) is 14.5. The average Bonchev–Trinajstić information content (AvgIpc) is 2.60. The molecule has 0 saturated carbocycles. The number of carboxylic acid groups (broad SMARTS) is 3. The molecule has 0 aromatic carbocycles. The molecule has 0 radical (unpaired) electrons. The Balaban J connectivity index is -0.000000409. The minimum atomic E-state index is -4.10. The molecule has 0 spiro atoms. The van der Waals surface area contributed by atoms with Crippen molar-refractivity contribution in [3.8, 4) is 0 Å². The van der Waals surface area contributed by atoms with Crippen molar-refractivity contribution >= 4 is 45.2 Å². The molecule has 11 N–H and O–H groups in total. The molecule has 0 heterocycles. The van der Waals surface area contributed by atoms with Crippen molar-refractivity contribution in [1.82, 2.24) is 0 Å². The van der Waals surface area contributed by atoms with Gasteiger partial charge in [-0.05, 0) is 19.3 Å². The van der Waals surface area contributed by atoms with Gasteiger partial charge in [0.05, 0.1) is 17.7 Å². The molecule has 198 valence electrons. The molecule has 33 heavy (non-hydrogen) atoms. The molecule has 0 aromatic rings. The first-order valence-electron chi connectivity index (χ1n) is 8.83. The minimum Gasteiger partial charge on any atom is -0.480 e. The summed E-state index contributed by atoms with van der Waals surface area (Å²) in [5.41, 5.74) is 15.1. The molecule has 0 bridgehead atoms. The lowest BCUT2D eigenvalue weighted by Gasteiger charge is -2.06. The van der Waals surface area contributed by atoms with E-state index >= 15 is 0 Å². The van der Waals surface area contributed by atoms with Crippen LogP contribution in [0.15, 0.2) is 0 Å². The van der Waals surface area contributed by atoms with Gasteiger partial charge in [-0.2, -0.15) is 0 Å². The second-order valence-corrected chi connectivity index (χ2v) is 13.1. The molecule has 3 unspecified atom stereocenters. The van der Waals surface area contributed by atoms with Gasteiger partial charge in [0.15, 0.2) is 0 Å². The summed E-state index contributed by atoms with van der Waals surface area (Å²) in [5.74, 6) is -3.96. The van der Waals surface area contributed by atoms with Crippen molar-refractivity contribution in [3.63, 3.8) is 0 Å². The van der Waals surface area contributed by atoms with Crippen LogP contribution in [-0.4, -0.2) is 108 Å². The van der Waals surface area contributed by atoms with Gasteiger partial charge in [0.2, 0.25) is 0 Å². The van der Waals surface area contributed by atoms with Gasteiger partial charge >= 0.3 is 25.5 Å². The van der Waals surface area contributed by atoms with Crippen LogP contribution in [-0.2, 0) is 38.6 Å². The second kappa shape index (κ2) is 16.0. The Kier molecular flexibility index (Phi) is 17.5. The highest BCUT2D eigenvalue weighted by Gasteiger charge is 2.18. The molecule has 0 saturated heterocycles. The average molecular weight is 546 g/mol. The fourth-order valence-electron chi connectivity index (χ4n) is 1.36. The van der Waals surface area contributed by atoms with Crippen molar-refractivity contribution in [1.29, 1.82) is 0 Å². The van der Waals surface area contributed by atoms with E-state index in [0.717, 1.165) is 12.5 Å². The summed E-state index contributed by atoms with van der Waals surface area (Å²) in [5, 5.41) is 24.7. The van der Waals surface area contributed by atoms with E-state index in [9.17, 15) is 35.8 Å². The van der Waals surface area contributed by atoms with E-state index in [4.69, 9.17) is 42.3 Å². The summed E-state index contributed by atoms with van der Waals surface area (Å²) in [6.07, 6.45) is 1.32. The van der Waals surface area contributed by atoms with E-state index in [1.54, 1.807) is 0 Å². The summed E-state index contributed by atoms with van der Waals surface area (Å²) < 4.78 is 52.2. The predicted octanol–water partition coefficient (Wildman–Crippen LogP) is -3.37. The number of carbonyl (C=O) groups is 3. The maximum atomic E-state index is 10.5. The van der Waals surface area contributed by atoms with Gasteiger partial charge in [-0.3, -0.25) is 18.9 Å². The zero-order chi connectivity index (χ0) is 27.2. The Labute approximate surface area is 191 Å². The van der Waals surface area contributed by atoms with Crippen LogP contribution in [0.5, 0.6) is 0 Å². The van der Waals surface area contributed by atoms with Gasteiger partial charge in [0, 0.05) is 12.5 Å². The van der Waals surface area contributed by atoms with Crippen molar-refractivity contribution < 1.29 is 60.9 Å². The van der Waals surface area contributed by atoms with Crippen LogP contribution in [0.1, 0.15) is 19.3 Å². The summed E-state index contributed by atoms with van der Waals surface area (Å²) in [6, 6.07) is -3.35. The standard InChI is InChI=1S/2C5H11NO4S.C4H10NO5P/c2*1-11(9,10)3-2-4(6)5(7)8;5-3(4(6)7)1-2-11(8,9)10/h2*4H,2-3,6H2,1H3,(H,7,8);3H,1-2,5H2,(H,6,7)(H2,8,9,10). The molecular weight excluding hydrogens is 513 g/mol. The minimum absolute atomic E-state index is 0.0336. The normalized spacial score (nSPS) is 14.4. The fourth-order valence-corrected chi connectivity index (χ4v) is 3.34. The lowest BCUT2D eigenvalue weighted by atomic mass is 10.2. The zero-order valence-corrected chi connectivity index (χ0v) is 20.5. The Hall–Kier alpha value is -1.66. The highest BCUT2D eigenvalue weighted by molar-refractivity contribution is 7.90. The molecule has 3 atom stereocenters. The maximum Gasteiger partial charge on any atom is 0.325 e. The number of nitrogens with two attached hydrogens (primary N) is 3. The first-order valence-corrected chi connectivity index (χ1v) is 14.8. The topological polar surface area (TPSA) is 316 Å². The quantitative estimate of drug-likeness (QED) is 0.111. The number of carboxylic acids is 3. The summed E-state index contributed by atoms with van der Waals surface area (Å²) >= 11 is 0. The van der Waals surface area contributed by atoms with Gasteiger partial charge in [-0.25, -0.2) is 16.8 Å². The lowest BCUT2D eigenvalue weighted by Crippen LogP contribution is -2.32. The number of hydrogen-bond donors (Lipinski definition) is 8. The third-order valence-corrected chi connectivity index (χ3v) is 6.08. The Morgan fingerprint density at radius 1 is 0.697 bits per heavy atom. The molecular formula is C14H32N3O13PS2. The smallest absolute Gasteiger partial charge is 0.325 e. The van der Waals surface area contributed by atoms with Crippen molar-refractivity contribution in [2.75, 3.05) is 30.2 Å². The molecule has 0 aliphatic rings. The number of rotatable bonds is 12. The van der Waals surface area contributed by atoms with E-state index in [2.05, 4.69) is 0 Å². The van der Waals surface area contributed by atoms with Crippen LogP contribution >= 0.6 is 7.60 Å². The molecule has 19 heteroatoms. The van der Waals surface area contributed by atoms with Crippen LogP contribution in [0.2, 0.25) is 0 Å². The largest absolute Gasteiger partial charge is 0.480 e. The monoisotopic (exact) mass is 545 g/mol. The van der Waals surface area contributed by atoms with E-state index in [1.165, 1.54) is 0 Å². The lowest BCUT2D eigenvalue weighted by molar-refractivity contribution is -0.139. The fraction of sp³-hybridized carbons (Fsp3) is 0.786. The van der Waals surface area contributed by atoms with Gasteiger partial charge in [-0.15, -0.1) is 0 Å². The van der Waals surface area contributed by atoms with E-state index in [-0.39, 0.29) is 30.8 Å². The third-order valence-electron chi connectivity index (χ3n) is 3.28. The molecule has 0 rings (SSSR count). The highest BCUT2D eigenvalue weighted by atomic mass is 32.2. The second-order valence-electron chi connectivity index (χ2n) is 6.85. The Morgan fingerprint density at radius 3 is 1.12 bits per heavy atom. The third kappa shape index (κ3) is 30.3. The van der Waals surface area contributed by atoms with Gasteiger partial charge < -0.3 is 42.3 Å². The highest BCUT2D eigenvalue weighted by Crippen LogP contribution is 2.35.